The molecule has 3 aromatic carbocycles. The fourth-order valence-corrected chi connectivity index (χ4v) is 6.39. The number of carbonyl (C=O) groups excluding carboxylic acids is 2. The Morgan fingerprint density at radius 2 is 1.22 bits per heavy atom. The Hall–Kier alpha value is -3.24. The van der Waals surface area contributed by atoms with E-state index in [1.807, 2.05) is 42.5 Å². The van der Waals surface area contributed by atoms with Crippen molar-refractivity contribution in [3.63, 3.8) is 0 Å². The number of nitrogens with zero attached hydrogens (tertiary/aromatic N) is 2. The normalized spacial score (nSPS) is 27.2. The second-order valence-electron chi connectivity index (χ2n) is 9.14. The maximum absolute atomic E-state index is 13.9. The maximum Gasteiger partial charge on any atom is 0.239 e. The predicted octanol–water partition coefficient (Wildman–Crippen LogP) is 4.47. The van der Waals surface area contributed by atoms with Crippen molar-refractivity contribution in [1.29, 1.82) is 0 Å². The number of amides is 2. The Morgan fingerprint density at radius 3 is 1.81 bits per heavy atom. The van der Waals surface area contributed by atoms with Crippen molar-refractivity contribution < 1.29 is 9.59 Å². The highest BCUT2D eigenvalue weighted by atomic mass is 16.2. The molecule has 4 heteroatoms. The first-order valence-corrected chi connectivity index (χ1v) is 11.5. The van der Waals surface area contributed by atoms with Crippen molar-refractivity contribution >= 4 is 17.5 Å². The standard InChI is InChI=1S/C28H26N2O2/c31-27-24-22-17-10-18-29(22)26(25(24)28(32)30(27)21-15-8-3-9-16-21)23(19-11-4-1-5-12-19)20-13-6-2-7-14-20/h1-9,11-16,22-26H,10,17-18H2/t22-,24-,25-,26-/m0/s1. The first-order chi connectivity index (χ1) is 15.8. The van der Waals surface area contributed by atoms with Gasteiger partial charge in [0, 0.05) is 18.0 Å². The number of benzene rings is 3. The highest BCUT2D eigenvalue weighted by Crippen LogP contribution is 2.52. The largest absolute Gasteiger partial charge is 0.295 e. The fourth-order valence-electron chi connectivity index (χ4n) is 6.39. The topological polar surface area (TPSA) is 40.6 Å². The van der Waals surface area contributed by atoms with Gasteiger partial charge in [0.1, 0.15) is 0 Å². The monoisotopic (exact) mass is 422 g/mol. The summed E-state index contributed by atoms with van der Waals surface area (Å²) in [5.74, 6) is -0.600. The first kappa shape index (κ1) is 19.4. The molecule has 3 aromatic rings. The molecule has 0 radical (unpaired) electrons. The quantitative estimate of drug-likeness (QED) is 0.583. The van der Waals surface area contributed by atoms with Crippen LogP contribution in [0.2, 0.25) is 0 Å². The van der Waals surface area contributed by atoms with E-state index in [4.69, 9.17) is 0 Å². The van der Waals surface area contributed by atoms with E-state index in [2.05, 4.69) is 53.4 Å². The van der Waals surface area contributed by atoms with Crippen LogP contribution in [0.5, 0.6) is 0 Å². The van der Waals surface area contributed by atoms with Crippen LogP contribution in [-0.4, -0.2) is 35.3 Å². The van der Waals surface area contributed by atoms with E-state index in [0.29, 0.717) is 5.69 Å². The van der Waals surface area contributed by atoms with Gasteiger partial charge in [-0.1, -0.05) is 78.9 Å². The van der Waals surface area contributed by atoms with Crippen LogP contribution in [0.25, 0.3) is 0 Å². The van der Waals surface area contributed by atoms with Crippen molar-refractivity contribution in [3.8, 4) is 0 Å². The van der Waals surface area contributed by atoms with Crippen LogP contribution in [0.3, 0.4) is 0 Å². The Bertz CT molecular complexity index is 1090. The molecule has 2 amide bonds. The van der Waals surface area contributed by atoms with Crippen LogP contribution in [-0.2, 0) is 9.59 Å². The molecule has 3 aliphatic rings. The summed E-state index contributed by atoms with van der Waals surface area (Å²) in [6.45, 7) is 0.949. The average Bonchev–Trinajstić information content (AvgIpc) is 3.49. The molecular formula is C28H26N2O2. The van der Waals surface area contributed by atoms with Gasteiger partial charge in [0.2, 0.25) is 11.8 Å². The van der Waals surface area contributed by atoms with Gasteiger partial charge in [0.25, 0.3) is 0 Å². The predicted molar refractivity (Wildman–Crippen MR) is 124 cm³/mol. The lowest BCUT2D eigenvalue weighted by atomic mass is 9.77. The summed E-state index contributed by atoms with van der Waals surface area (Å²) < 4.78 is 0. The molecule has 0 bridgehead atoms. The van der Waals surface area contributed by atoms with Gasteiger partial charge in [-0.2, -0.15) is 0 Å². The summed E-state index contributed by atoms with van der Waals surface area (Å²) >= 11 is 0. The van der Waals surface area contributed by atoms with E-state index in [1.165, 1.54) is 16.0 Å². The second-order valence-corrected chi connectivity index (χ2v) is 9.14. The first-order valence-electron chi connectivity index (χ1n) is 11.5. The highest BCUT2D eigenvalue weighted by molar-refractivity contribution is 6.23. The SMILES string of the molecule is O=C1[C@@H]2[C@H](C(=O)N1c1ccccc1)[C@H](C(c1ccccc1)c1ccccc1)N1CCC[C@@H]21. The van der Waals surface area contributed by atoms with Crippen LogP contribution >= 0.6 is 0 Å². The van der Waals surface area contributed by atoms with Gasteiger partial charge in [0.15, 0.2) is 0 Å². The number of fused-ring (bicyclic) bond motifs is 3. The zero-order chi connectivity index (χ0) is 21.7. The van der Waals surface area contributed by atoms with Crippen molar-refractivity contribution in [1.82, 2.24) is 4.90 Å². The summed E-state index contributed by atoms with van der Waals surface area (Å²) in [5, 5.41) is 0. The Morgan fingerprint density at radius 1 is 0.688 bits per heavy atom. The molecule has 0 aliphatic carbocycles. The van der Waals surface area contributed by atoms with Crippen molar-refractivity contribution in [2.75, 3.05) is 11.4 Å². The number of rotatable bonds is 4. The van der Waals surface area contributed by atoms with E-state index in [0.717, 1.165) is 19.4 Å². The van der Waals surface area contributed by atoms with E-state index >= 15 is 0 Å². The minimum atomic E-state index is -0.321. The molecule has 3 fully saturated rings. The summed E-state index contributed by atoms with van der Waals surface area (Å²) in [6.07, 6.45) is 2.06. The molecule has 4 atom stereocenters. The van der Waals surface area contributed by atoms with Crippen LogP contribution in [0.15, 0.2) is 91.0 Å². The van der Waals surface area contributed by atoms with Crippen LogP contribution in [0.1, 0.15) is 29.9 Å². The molecule has 160 valence electrons. The lowest BCUT2D eigenvalue weighted by Crippen LogP contribution is -2.45. The van der Waals surface area contributed by atoms with Gasteiger partial charge in [-0.05, 0) is 42.6 Å². The molecule has 0 saturated carbocycles. The van der Waals surface area contributed by atoms with E-state index in [9.17, 15) is 9.59 Å². The summed E-state index contributed by atoms with van der Waals surface area (Å²) in [7, 11) is 0. The minimum absolute atomic E-state index is 0.0227. The third kappa shape index (κ3) is 2.86. The van der Waals surface area contributed by atoms with Crippen LogP contribution in [0, 0.1) is 11.8 Å². The molecule has 32 heavy (non-hydrogen) atoms. The second kappa shape index (κ2) is 7.72. The zero-order valence-corrected chi connectivity index (χ0v) is 17.9. The molecule has 3 saturated heterocycles. The molecule has 6 rings (SSSR count). The van der Waals surface area contributed by atoms with Crippen molar-refractivity contribution in [3.05, 3.63) is 102 Å². The molecule has 3 aliphatic heterocycles. The number of anilines is 1. The number of hydrogen-bond donors (Lipinski definition) is 0. The zero-order valence-electron chi connectivity index (χ0n) is 17.9. The fraction of sp³-hybridized carbons (Fsp3) is 0.286. The number of imide groups is 1. The molecule has 3 heterocycles. The smallest absolute Gasteiger partial charge is 0.239 e. The Labute approximate surface area is 188 Å². The van der Waals surface area contributed by atoms with E-state index < -0.39 is 0 Å². The average molecular weight is 423 g/mol. The lowest BCUT2D eigenvalue weighted by molar-refractivity contribution is -0.123. The van der Waals surface area contributed by atoms with Crippen LogP contribution in [0.4, 0.5) is 5.69 Å². The molecule has 0 spiro atoms. The third-order valence-electron chi connectivity index (χ3n) is 7.58. The molecule has 0 N–H and O–H groups in total. The Kier molecular flexibility index (Phi) is 4.69. The van der Waals surface area contributed by atoms with E-state index in [1.54, 1.807) is 0 Å². The van der Waals surface area contributed by atoms with Gasteiger partial charge >= 0.3 is 0 Å². The molecule has 4 nitrogen and oxygen atoms in total. The van der Waals surface area contributed by atoms with Gasteiger partial charge in [-0.15, -0.1) is 0 Å². The summed E-state index contributed by atoms with van der Waals surface area (Å²) in [5.41, 5.74) is 3.10. The van der Waals surface area contributed by atoms with Gasteiger partial charge in [0.05, 0.1) is 17.5 Å². The summed E-state index contributed by atoms with van der Waals surface area (Å²) in [4.78, 5) is 31.5. The van der Waals surface area contributed by atoms with E-state index in [-0.39, 0.29) is 41.7 Å². The summed E-state index contributed by atoms with van der Waals surface area (Å²) in [6, 6.07) is 30.5. The van der Waals surface area contributed by atoms with Crippen LogP contribution < -0.4 is 4.90 Å². The van der Waals surface area contributed by atoms with Crippen molar-refractivity contribution in [2.24, 2.45) is 11.8 Å². The highest BCUT2D eigenvalue weighted by Gasteiger charge is 2.64. The van der Waals surface area contributed by atoms with Gasteiger partial charge < -0.3 is 0 Å². The minimum Gasteiger partial charge on any atom is -0.295 e. The number of carbonyl (C=O) groups is 2. The number of para-hydroxylation sites is 1. The Balaban J connectivity index is 1.49. The molecule has 0 unspecified atom stereocenters. The molecule has 0 aromatic heterocycles. The van der Waals surface area contributed by atoms with Crippen molar-refractivity contribution in [2.45, 2.75) is 30.8 Å². The molecular weight excluding hydrogens is 396 g/mol. The third-order valence-corrected chi connectivity index (χ3v) is 7.58. The lowest BCUT2D eigenvalue weighted by Gasteiger charge is -2.35. The van der Waals surface area contributed by atoms with Gasteiger partial charge in [-0.25, -0.2) is 4.90 Å². The van der Waals surface area contributed by atoms with Gasteiger partial charge in [-0.3, -0.25) is 14.5 Å². The number of hydrogen-bond acceptors (Lipinski definition) is 3. The maximum atomic E-state index is 13.9.